The van der Waals surface area contributed by atoms with E-state index in [0.29, 0.717) is 0 Å². The summed E-state index contributed by atoms with van der Waals surface area (Å²) in [6.07, 6.45) is 0. The first-order valence-electron chi connectivity index (χ1n) is 18.7. The molecule has 0 amide bonds. The van der Waals surface area contributed by atoms with Crippen LogP contribution in [0.1, 0.15) is 0 Å². The zero-order valence-corrected chi connectivity index (χ0v) is 30.8. The van der Waals surface area contributed by atoms with Crippen LogP contribution in [0.25, 0.3) is 98.4 Å². The van der Waals surface area contributed by atoms with Crippen LogP contribution in [0.3, 0.4) is 0 Å². The second kappa shape index (κ2) is 11.4. The van der Waals surface area contributed by atoms with Gasteiger partial charge in [-0.3, -0.25) is 0 Å². The highest BCUT2D eigenvalue weighted by molar-refractivity contribution is 7.04. The average Bonchev–Trinajstić information content (AvgIpc) is 3.43. The van der Waals surface area contributed by atoms with E-state index < -0.39 is 8.07 Å². The van der Waals surface area contributed by atoms with Crippen molar-refractivity contribution in [3.05, 3.63) is 182 Å². The molecule has 1 aliphatic heterocycles. The van der Waals surface area contributed by atoms with Crippen molar-refractivity contribution in [3.63, 3.8) is 0 Å². The lowest BCUT2D eigenvalue weighted by Crippen LogP contribution is -2.49. The van der Waals surface area contributed by atoms with Gasteiger partial charge in [-0.15, -0.1) is 0 Å². The number of hydrogen-bond acceptors (Lipinski definition) is 0. The fraction of sp³-hybridized carbons (Fsp3) is 0.0385. The van der Waals surface area contributed by atoms with Crippen molar-refractivity contribution in [2.24, 2.45) is 0 Å². The molecule has 1 heteroatoms. The van der Waals surface area contributed by atoms with Crippen LogP contribution in [-0.4, -0.2) is 8.07 Å². The Morgan fingerprint density at radius 1 is 0.283 bits per heavy atom. The highest BCUT2D eigenvalue weighted by Gasteiger charge is 2.38. The Morgan fingerprint density at radius 2 is 0.698 bits per heavy atom. The second-order valence-electron chi connectivity index (χ2n) is 15.2. The summed E-state index contributed by atoms with van der Waals surface area (Å²) in [5.41, 5.74) is 10.6. The summed E-state index contributed by atoms with van der Waals surface area (Å²) in [6.45, 7) is 5.11. The van der Waals surface area contributed by atoms with E-state index in [1.165, 1.54) is 109 Å². The van der Waals surface area contributed by atoms with Crippen molar-refractivity contribution in [2.75, 3.05) is 0 Å². The molecule has 53 heavy (non-hydrogen) atoms. The average molecular weight is 689 g/mol. The predicted octanol–water partition coefficient (Wildman–Crippen LogP) is 13.3. The van der Waals surface area contributed by atoms with Crippen LogP contribution in [0.15, 0.2) is 182 Å². The van der Waals surface area contributed by atoms with E-state index in [4.69, 9.17) is 0 Å². The summed E-state index contributed by atoms with van der Waals surface area (Å²) < 4.78 is 0. The molecule has 0 unspecified atom stereocenters. The third-order valence-electron chi connectivity index (χ3n) is 12.0. The molecule has 10 aromatic rings. The van der Waals surface area contributed by atoms with Gasteiger partial charge in [0.15, 0.2) is 0 Å². The SMILES string of the molecule is C[Si]1(C)c2cc(-c3cccc4ccccc34)ccc2-c2cc3c(-c4cccc5ccccc45)c4ccccc4c(-c4cccc5ccccc45)c3cc21. The monoisotopic (exact) mass is 688 g/mol. The highest BCUT2D eigenvalue weighted by Crippen LogP contribution is 2.48. The molecular weight excluding hydrogens is 653 g/mol. The minimum atomic E-state index is -2.12. The van der Waals surface area contributed by atoms with Crippen LogP contribution in [0.4, 0.5) is 0 Å². The van der Waals surface area contributed by atoms with E-state index in [-0.39, 0.29) is 0 Å². The van der Waals surface area contributed by atoms with Crippen molar-refractivity contribution in [1.29, 1.82) is 0 Å². The molecule has 0 fully saturated rings. The second-order valence-corrected chi connectivity index (χ2v) is 19.5. The van der Waals surface area contributed by atoms with E-state index in [9.17, 15) is 0 Å². The zero-order valence-electron chi connectivity index (χ0n) is 29.8. The van der Waals surface area contributed by atoms with Gasteiger partial charge in [0, 0.05) is 0 Å². The van der Waals surface area contributed by atoms with Crippen LogP contribution in [0.2, 0.25) is 13.1 Å². The predicted molar refractivity (Wildman–Crippen MR) is 232 cm³/mol. The van der Waals surface area contributed by atoms with Crippen molar-refractivity contribution >= 4 is 72.3 Å². The Bertz CT molecular complexity index is 3130. The summed E-state index contributed by atoms with van der Waals surface area (Å²) in [5.74, 6) is 0. The fourth-order valence-electron chi connectivity index (χ4n) is 9.52. The van der Waals surface area contributed by atoms with Crippen LogP contribution >= 0.6 is 0 Å². The molecule has 0 spiro atoms. The molecule has 248 valence electrons. The Kier molecular flexibility index (Phi) is 6.50. The maximum atomic E-state index is 2.62. The normalized spacial score (nSPS) is 13.2. The summed E-state index contributed by atoms with van der Waals surface area (Å²) in [5, 5.41) is 16.0. The lowest BCUT2D eigenvalue weighted by molar-refractivity contribution is 1.66. The smallest absolute Gasteiger partial charge is 0.0616 e. The molecule has 0 atom stereocenters. The summed E-state index contributed by atoms with van der Waals surface area (Å²) in [6, 6.07) is 68.4. The van der Waals surface area contributed by atoms with Gasteiger partial charge in [0.25, 0.3) is 0 Å². The molecule has 0 aromatic heterocycles. The molecule has 0 N–H and O–H groups in total. The lowest BCUT2D eigenvalue weighted by Gasteiger charge is -2.23. The topological polar surface area (TPSA) is 0 Å². The Hall–Kier alpha value is -6.28. The van der Waals surface area contributed by atoms with Gasteiger partial charge < -0.3 is 0 Å². The van der Waals surface area contributed by atoms with E-state index in [2.05, 4.69) is 195 Å². The van der Waals surface area contributed by atoms with Crippen molar-refractivity contribution in [3.8, 4) is 44.5 Å². The van der Waals surface area contributed by atoms with Gasteiger partial charge in [-0.1, -0.05) is 189 Å². The van der Waals surface area contributed by atoms with Gasteiger partial charge in [0.2, 0.25) is 0 Å². The first-order chi connectivity index (χ1) is 26.1. The van der Waals surface area contributed by atoms with E-state index in [1.54, 1.807) is 0 Å². The number of hydrogen-bond donors (Lipinski definition) is 0. The van der Waals surface area contributed by atoms with Crippen molar-refractivity contribution < 1.29 is 0 Å². The number of benzene rings is 10. The highest BCUT2D eigenvalue weighted by atomic mass is 28.3. The molecule has 0 saturated heterocycles. The molecule has 0 nitrogen and oxygen atoms in total. The minimum Gasteiger partial charge on any atom is -0.0616 e. The Morgan fingerprint density at radius 3 is 1.25 bits per heavy atom. The summed E-state index contributed by atoms with van der Waals surface area (Å²) in [4.78, 5) is 0. The molecule has 11 rings (SSSR count). The van der Waals surface area contributed by atoms with Crippen molar-refractivity contribution in [2.45, 2.75) is 13.1 Å². The zero-order chi connectivity index (χ0) is 35.3. The lowest BCUT2D eigenvalue weighted by atomic mass is 9.83. The molecule has 0 radical (unpaired) electrons. The molecule has 0 saturated carbocycles. The molecule has 0 bridgehead atoms. The first kappa shape index (κ1) is 30.4. The van der Waals surface area contributed by atoms with E-state index >= 15 is 0 Å². The molecule has 0 aliphatic carbocycles. The summed E-state index contributed by atoms with van der Waals surface area (Å²) in [7, 11) is -2.12. The summed E-state index contributed by atoms with van der Waals surface area (Å²) >= 11 is 0. The quantitative estimate of drug-likeness (QED) is 0.128. The Balaban J connectivity index is 1.27. The van der Waals surface area contributed by atoms with E-state index in [1.807, 2.05) is 0 Å². The first-order valence-corrected chi connectivity index (χ1v) is 21.7. The number of fused-ring (bicyclic) bond motifs is 8. The van der Waals surface area contributed by atoms with Crippen LogP contribution in [0.5, 0.6) is 0 Å². The standard InChI is InChI=1S/C52H36Si/c1-53(2)49-30-36(40-25-11-17-33-14-3-6-20-37(33)40)28-29-41(49)46-31-47-48(32-50(46)53)52(43-27-13-19-35-16-5-8-22-39(35)43)45-24-10-9-23-44(45)51(47)42-26-12-18-34-15-4-7-21-38(34)42/h3-32H,1-2H3. The van der Waals surface area contributed by atoms with Crippen LogP contribution in [0, 0.1) is 0 Å². The molecule has 1 heterocycles. The molecular formula is C52H36Si. The van der Waals surface area contributed by atoms with E-state index in [0.717, 1.165) is 0 Å². The Labute approximate surface area is 310 Å². The van der Waals surface area contributed by atoms with Gasteiger partial charge in [-0.25, -0.2) is 0 Å². The minimum absolute atomic E-state index is 1.27. The number of rotatable bonds is 3. The maximum Gasteiger partial charge on any atom is 0.113 e. The van der Waals surface area contributed by atoms with Gasteiger partial charge in [-0.05, 0) is 115 Å². The van der Waals surface area contributed by atoms with Gasteiger partial charge in [-0.2, -0.15) is 0 Å². The van der Waals surface area contributed by atoms with Gasteiger partial charge >= 0.3 is 0 Å². The van der Waals surface area contributed by atoms with Gasteiger partial charge in [0.05, 0.1) is 0 Å². The third-order valence-corrected chi connectivity index (χ3v) is 15.6. The maximum absolute atomic E-state index is 2.62. The molecule has 10 aromatic carbocycles. The van der Waals surface area contributed by atoms with Crippen LogP contribution < -0.4 is 10.4 Å². The fourth-order valence-corrected chi connectivity index (χ4v) is 12.6. The van der Waals surface area contributed by atoms with Gasteiger partial charge in [0.1, 0.15) is 8.07 Å². The third kappa shape index (κ3) is 4.41. The largest absolute Gasteiger partial charge is 0.113 e. The van der Waals surface area contributed by atoms with Crippen LogP contribution in [-0.2, 0) is 0 Å². The van der Waals surface area contributed by atoms with Crippen molar-refractivity contribution in [1.82, 2.24) is 0 Å². The molecule has 1 aliphatic rings.